The summed E-state index contributed by atoms with van der Waals surface area (Å²) in [6.45, 7) is 1.89. The summed E-state index contributed by atoms with van der Waals surface area (Å²) < 4.78 is 0. The number of carbonyl (C=O) groups is 1. The van der Waals surface area contributed by atoms with Crippen molar-refractivity contribution in [3.8, 4) is 0 Å². The molecule has 1 aromatic heterocycles. The Labute approximate surface area is 82.3 Å². The van der Waals surface area contributed by atoms with E-state index in [2.05, 4.69) is 10.2 Å². The Hall–Kier alpha value is -1.58. The zero-order chi connectivity index (χ0) is 10.4. The number of nitrogens with zero attached hydrogens (tertiary/aromatic N) is 2. The highest BCUT2D eigenvalue weighted by molar-refractivity contribution is 5.84. The maximum atomic E-state index is 11.4. The maximum Gasteiger partial charge on any atom is 0.192 e. The molecule has 1 heterocycles. The monoisotopic (exact) mass is 192 g/mol. The molecule has 0 aliphatic heterocycles. The van der Waals surface area contributed by atoms with Crippen molar-refractivity contribution in [1.29, 1.82) is 0 Å². The zero-order valence-corrected chi connectivity index (χ0v) is 8.01. The molecule has 14 heavy (non-hydrogen) atoms. The van der Waals surface area contributed by atoms with E-state index in [4.69, 9.17) is 0 Å². The summed E-state index contributed by atoms with van der Waals surface area (Å²) in [6.07, 6.45) is 2.64. The Morgan fingerprint density at radius 1 is 1.57 bits per heavy atom. The van der Waals surface area contributed by atoms with Crippen molar-refractivity contribution in [3.05, 3.63) is 35.0 Å². The van der Waals surface area contributed by atoms with Gasteiger partial charge in [-0.05, 0) is 18.6 Å². The lowest BCUT2D eigenvalue weighted by Gasteiger charge is -2.05. The lowest BCUT2D eigenvalue weighted by Crippen LogP contribution is -2.10. The molecule has 0 bridgehead atoms. The molecule has 1 rings (SSSR count). The van der Waals surface area contributed by atoms with Crippen LogP contribution >= 0.6 is 0 Å². The second-order valence-corrected chi connectivity index (χ2v) is 2.98. The topological polar surface area (TPSA) is 59.4 Å². The lowest BCUT2D eigenvalue weighted by molar-refractivity contribution is -0.120. The molecule has 1 unspecified atom stereocenters. The second kappa shape index (κ2) is 5.21. The number of aromatic nitrogens is 1. The van der Waals surface area contributed by atoms with Crippen LogP contribution < -0.4 is 0 Å². The second-order valence-electron chi connectivity index (χ2n) is 2.98. The van der Waals surface area contributed by atoms with Gasteiger partial charge in [0.15, 0.2) is 11.8 Å². The molecule has 1 aromatic rings. The molecule has 1 atom stereocenters. The van der Waals surface area contributed by atoms with Crippen LogP contribution in [0.3, 0.4) is 0 Å². The minimum atomic E-state index is -0.934. The molecular formula is C10H12N2O2. The first-order valence-corrected chi connectivity index (χ1v) is 4.55. The predicted molar refractivity (Wildman–Crippen MR) is 52.7 cm³/mol. The number of hydrogen-bond donors (Lipinski definition) is 0. The molecule has 0 fully saturated rings. The highest BCUT2D eigenvalue weighted by atomic mass is 16.3. The molecule has 0 aliphatic rings. The van der Waals surface area contributed by atoms with Gasteiger partial charge in [-0.1, -0.05) is 18.2 Å². The average Bonchev–Trinajstić information content (AvgIpc) is 2.21. The van der Waals surface area contributed by atoms with E-state index < -0.39 is 6.04 Å². The average molecular weight is 192 g/mol. The predicted octanol–water partition coefficient (Wildman–Crippen LogP) is 2.26. The number of carbonyl (C=O) groups excluding carboxylic acids is 1. The zero-order valence-electron chi connectivity index (χ0n) is 8.01. The summed E-state index contributed by atoms with van der Waals surface area (Å²) in [5, 5.41) is 2.81. The Morgan fingerprint density at radius 3 is 2.86 bits per heavy atom. The SMILES string of the molecule is CCCC(=O)C(N=O)c1ccccn1. The molecule has 0 amide bonds. The van der Waals surface area contributed by atoms with Gasteiger partial charge in [0.05, 0.1) is 5.69 Å². The first kappa shape index (κ1) is 10.5. The molecule has 0 aromatic carbocycles. The minimum Gasteiger partial charge on any atom is -0.297 e. The van der Waals surface area contributed by atoms with Crippen LogP contribution in [0.4, 0.5) is 0 Å². The Balaban J connectivity index is 2.82. The standard InChI is InChI=1S/C10H12N2O2/c1-2-5-9(13)10(12-14)8-6-3-4-7-11-8/h3-4,6-7,10H,2,5H2,1H3. The number of ketones is 1. The summed E-state index contributed by atoms with van der Waals surface area (Å²) in [7, 11) is 0. The van der Waals surface area contributed by atoms with Crippen LogP contribution in [0.2, 0.25) is 0 Å². The van der Waals surface area contributed by atoms with Crippen molar-refractivity contribution in [3.63, 3.8) is 0 Å². The van der Waals surface area contributed by atoms with Crippen LogP contribution in [0.25, 0.3) is 0 Å². The Kier molecular flexibility index (Phi) is 3.91. The lowest BCUT2D eigenvalue weighted by atomic mass is 10.1. The highest BCUT2D eigenvalue weighted by Gasteiger charge is 2.21. The number of nitroso groups, excluding NO2 is 1. The third kappa shape index (κ3) is 2.45. The van der Waals surface area contributed by atoms with Gasteiger partial charge in [0.2, 0.25) is 0 Å². The molecule has 0 aliphatic carbocycles. The van der Waals surface area contributed by atoms with Gasteiger partial charge in [-0.25, -0.2) is 0 Å². The van der Waals surface area contributed by atoms with E-state index in [1.54, 1.807) is 24.4 Å². The fraction of sp³-hybridized carbons (Fsp3) is 0.400. The van der Waals surface area contributed by atoms with Gasteiger partial charge < -0.3 is 0 Å². The van der Waals surface area contributed by atoms with E-state index in [-0.39, 0.29) is 5.78 Å². The van der Waals surface area contributed by atoms with E-state index in [1.165, 1.54) is 0 Å². The van der Waals surface area contributed by atoms with Crippen molar-refractivity contribution >= 4 is 5.78 Å². The van der Waals surface area contributed by atoms with Gasteiger partial charge in [0.25, 0.3) is 0 Å². The first-order chi connectivity index (χ1) is 6.79. The molecule has 0 radical (unpaired) electrons. The van der Waals surface area contributed by atoms with Gasteiger partial charge in [-0.15, -0.1) is 4.91 Å². The maximum absolute atomic E-state index is 11.4. The van der Waals surface area contributed by atoms with Crippen molar-refractivity contribution < 1.29 is 4.79 Å². The van der Waals surface area contributed by atoms with E-state index in [1.807, 2.05) is 6.92 Å². The summed E-state index contributed by atoms with van der Waals surface area (Å²) in [5.41, 5.74) is 0.431. The van der Waals surface area contributed by atoms with Gasteiger partial charge >= 0.3 is 0 Å². The Bertz CT molecular complexity index is 311. The third-order valence-corrected chi connectivity index (χ3v) is 1.87. The summed E-state index contributed by atoms with van der Waals surface area (Å²) >= 11 is 0. The molecule has 0 N–H and O–H groups in total. The molecule has 4 nitrogen and oxygen atoms in total. The largest absolute Gasteiger partial charge is 0.297 e. The van der Waals surface area contributed by atoms with Gasteiger partial charge in [-0.3, -0.25) is 9.78 Å². The molecule has 4 heteroatoms. The van der Waals surface area contributed by atoms with Crippen LogP contribution in [-0.4, -0.2) is 10.8 Å². The Morgan fingerprint density at radius 2 is 2.36 bits per heavy atom. The molecule has 0 saturated carbocycles. The number of hydrogen-bond acceptors (Lipinski definition) is 4. The number of pyridine rings is 1. The smallest absolute Gasteiger partial charge is 0.192 e. The van der Waals surface area contributed by atoms with E-state index in [0.717, 1.165) is 6.42 Å². The van der Waals surface area contributed by atoms with E-state index >= 15 is 0 Å². The fourth-order valence-electron chi connectivity index (χ4n) is 1.20. The normalized spacial score (nSPS) is 12.1. The number of Topliss-reactive ketones (excluding diaryl/α,β-unsaturated/α-hetero) is 1. The van der Waals surface area contributed by atoms with Gasteiger partial charge in [0.1, 0.15) is 0 Å². The van der Waals surface area contributed by atoms with Crippen LogP contribution in [0.15, 0.2) is 29.6 Å². The molecule has 74 valence electrons. The summed E-state index contributed by atoms with van der Waals surface area (Å²) in [6, 6.07) is 4.17. The van der Waals surface area contributed by atoms with Crippen LogP contribution in [0.1, 0.15) is 31.5 Å². The van der Waals surface area contributed by atoms with Crippen molar-refractivity contribution in [2.24, 2.45) is 5.18 Å². The van der Waals surface area contributed by atoms with Crippen LogP contribution in [0, 0.1) is 4.91 Å². The van der Waals surface area contributed by atoms with Crippen molar-refractivity contribution in [2.45, 2.75) is 25.8 Å². The third-order valence-electron chi connectivity index (χ3n) is 1.87. The highest BCUT2D eigenvalue weighted by Crippen LogP contribution is 2.17. The van der Waals surface area contributed by atoms with Crippen molar-refractivity contribution in [2.75, 3.05) is 0 Å². The van der Waals surface area contributed by atoms with E-state index in [0.29, 0.717) is 12.1 Å². The van der Waals surface area contributed by atoms with Gasteiger partial charge in [-0.2, -0.15) is 0 Å². The quantitative estimate of drug-likeness (QED) is 0.672. The minimum absolute atomic E-state index is 0.166. The first-order valence-electron chi connectivity index (χ1n) is 4.55. The number of rotatable bonds is 5. The van der Waals surface area contributed by atoms with Gasteiger partial charge in [0, 0.05) is 12.6 Å². The molecular weight excluding hydrogens is 180 g/mol. The van der Waals surface area contributed by atoms with E-state index in [9.17, 15) is 9.70 Å². The van der Waals surface area contributed by atoms with Crippen LogP contribution in [-0.2, 0) is 4.79 Å². The van der Waals surface area contributed by atoms with Crippen molar-refractivity contribution in [1.82, 2.24) is 4.98 Å². The fourth-order valence-corrected chi connectivity index (χ4v) is 1.20. The van der Waals surface area contributed by atoms with Crippen LogP contribution in [0.5, 0.6) is 0 Å². The summed E-state index contributed by atoms with van der Waals surface area (Å²) in [4.78, 5) is 25.9. The molecule has 0 spiro atoms. The molecule has 0 saturated heterocycles. The summed E-state index contributed by atoms with van der Waals surface area (Å²) in [5.74, 6) is -0.166.